The van der Waals surface area contributed by atoms with E-state index in [0.29, 0.717) is 0 Å². The van der Waals surface area contributed by atoms with Crippen LogP contribution in [0.4, 0.5) is 5.69 Å². The van der Waals surface area contributed by atoms with Gasteiger partial charge in [-0.25, -0.2) is 9.78 Å². The number of para-hydroxylation sites is 3. The molecule has 0 radical (unpaired) electrons. The molecule has 3 aromatic heterocycles. The van der Waals surface area contributed by atoms with E-state index in [2.05, 4.69) is 49.3 Å². The van der Waals surface area contributed by atoms with Crippen molar-refractivity contribution in [2.45, 2.75) is 18.9 Å². The third-order valence-corrected chi connectivity index (χ3v) is 6.98. The van der Waals surface area contributed by atoms with Gasteiger partial charge in [0.25, 0.3) is 0 Å². The van der Waals surface area contributed by atoms with Gasteiger partial charge in [0.2, 0.25) is 0 Å². The van der Waals surface area contributed by atoms with Crippen LogP contribution < -0.4 is 10.6 Å². The summed E-state index contributed by atoms with van der Waals surface area (Å²) in [6.07, 6.45) is 1.85. The van der Waals surface area contributed by atoms with Gasteiger partial charge < -0.3 is 14.9 Å². The molecule has 4 heterocycles. The smallest absolute Gasteiger partial charge is 0.326 e. The van der Waals surface area contributed by atoms with Gasteiger partial charge in [0, 0.05) is 30.2 Å². The maximum Gasteiger partial charge on any atom is 0.326 e. The van der Waals surface area contributed by atoms with Crippen LogP contribution in [0.25, 0.3) is 44.5 Å². The lowest BCUT2D eigenvalue weighted by molar-refractivity contribution is 0.396. The Morgan fingerprint density at radius 3 is 2.53 bits per heavy atom. The highest BCUT2D eigenvalue weighted by Crippen LogP contribution is 2.31. The van der Waals surface area contributed by atoms with E-state index in [1.54, 1.807) is 0 Å². The third-order valence-electron chi connectivity index (χ3n) is 6.98. The fraction of sp³-hybridized carbons (Fsp3) is 0.192. The van der Waals surface area contributed by atoms with Crippen LogP contribution in [-0.2, 0) is 0 Å². The fourth-order valence-electron chi connectivity index (χ4n) is 5.27. The van der Waals surface area contributed by atoms with E-state index in [1.807, 2.05) is 47.0 Å². The first-order valence-corrected chi connectivity index (χ1v) is 11.6. The van der Waals surface area contributed by atoms with Crippen molar-refractivity contribution in [1.29, 1.82) is 0 Å². The number of H-pyrrole nitrogens is 3. The average molecular weight is 450 g/mol. The molecular formula is C26H23N7O. The largest absolute Gasteiger partial charge is 0.371 e. The monoisotopic (exact) mass is 449 g/mol. The van der Waals surface area contributed by atoms with Crippen LogP contribution in [0, 0.1) is 0 Å². The Labute approximate surface area is 194 Å². The normalized spacial score (nSPS) is 15.1. The van der Waals surface area contributed by atoms with Gasteiger partial charge in [-0.3, -0.25) is 9.67 Å². The van der Waals surface area contributed by atoms with Gasteiger partial charge in [0.1, 0.15) is 5.69 Å². The Morgan fingerprint density at radius 1 is 0.853 bits per heavy atom. The number of nitrogens with zero attached hydrogens (tertiary/aromatic N) is 4. The molecule has 0 aliphatic carbocycles. The first-order valence-electron chi connectivity index (χ1n) is 11.6. The van der Waals surface area contributed by atoms with Crippen molar-refractivity contribution in [3.05, 3.63) is 77.2 Å². The van der Waals surface area contributed by atoms with Crippen molar-refractivity contribution in [3.63, 3.8) is 0 Å². The Balaban J connectivity index is 1.15. The summed E-state index contributed by atoms with van der Waals surface area (Å²) in [6, 6.07) is 22.6. The molecule has 0 bridgehead atoms. The average Bonchev–Trinajstić information content (AvgIpc) is 3.57. The van der Waals surface area contributed by atoms with Crippen molar-refractivity contribution >= 4 is 38.7 Å². The molecule has 1 aliphatic rings. The lowest BCUT2D eigenvalue weighted by atomic mass is 10.0. The summed E-state index contributed by atoms with van der Waals surface area (Å²) in [5.74, 6) is 0.766. The van der Waals surface area contributed by atoms with Gasteiger partial charge in [-0.05, 0) is 49.2 Å². The zero-order chi connectivity index (χ0) is 22.6. The number of rotatable bonds is 3. The zero-order valence-corrected chi connectivity index (χ0v) is 18.5. The summed E-state index contributed by atoms with van der Waals surface area (Å²) in [7, 11) is 0. The second-order valence-electron chi connectivity index (χ2n) is 8.94. The van der Waals surface area contributed by atoms with E-state index in [1.165, 1.54) is 5.69 Å². The molecule has 168 valence electrons. The van der Waals surface area contributed by atoms with Crippen LogP contribution in [0.2, 0.25) is 0 Å². The van der Waals surface area contributed by atoms with Crippen LogP contribution in [0.5, 0.6) is 0 Å². The predicted octanol–water partition coefficient (Wildman–Crippen LogP) is 4.59. The molecule has 1 aliphatic heterocycles. The molecule has 7 rings (SSSR count). The molecule has 1 fully saturated rings. The summed E-state index contributed by atoms with van der Waals surface area (Å²) in [5, 5.41) is 8.61. The molecule has 0 amide bonds. The molecule has 0 spiro atoms. The molecule has 0 atom stereocenters. The van der Waals surface area contributed by atoms with Crippen molar-refractivity contribution in [2.75, 3.05) is 18.0 Å². The van der Waals surface area contributed by atoms with Gasteiger partial charge in [0.15, 0.2) is 5.82 Å². The number of benzene rings is 3. The Morgan fingerprint density at radius 2 is 1.65 bits per heavy atom. The maximum atomic E-state index is 12.6. The number of hydrogen-bond acceptors (Lipinski definition) is 4. The highest BCUT2D eigenvalue weighted by atomic mass is 16.1. The fourth-order valence-corrected chi connectivity index (χ4v) is 5.27. The second-order valence-corrected chi connectivity index (χ2v) is 8.94. The van der Waals surface area contributed by atoms with Crippen LogP contribution in [0.1, 0.15) is 18.9 Å². The minimum atomic E-state index is -0.0167. The van der Waals surface area contributed by atoms with Crippen molar-refractivity contribution in [2.24, 2.45) is 0 Å². The summed E-state index contributed by atoms with van der Waals surface area (Å²) in [6.45, 7) is 1.79. The van der Waals surface area contributed by atoms with Crippen LogP contribution >= 0.6 is 0 Å². The lowest BCUT2D eigenvalue weighted by Crippen LogP contribution is -2.37. The van der Waals surface area contributed by atoms with E-state index in [0.717, 1.165) is 70.4 Å². The molecule has 3 aromatic carbocycles. The Kier molecular flexibility index (Phi) is 4.14. The zero-order valence-electron chi connectivity index (χ0n) is 18.5. The Hall–Kier alpha value is -4.33. The Bertz CT molecular complexity index is 1710. The summed E-state index contributed by atoms with van der Waals surface area (Å²) >= 11 is 0. The quantitative estimate of drug-likeness (QED) is 0.368. The third kappa shape index (κ3) is 2.95. The molecular weight excluding hydrogens is 426 g/mol. The van der Waals surface area contributed by atoms with E-state index < -0.39 is 0 Å². The van der Waals surface area contributed by atoms with Gasteiger partial charge in [-0.2, -0.15) is 5.10 Å². The second kappa shape index (κ2) is 7.34. The number of imidazole rings is 2. The highest BCUT2D eigenvalue weighted by Gasteiger charge is 2.24. The molecule has 3 N–H and O–H groups in total. The van der Waals surface area contributed by atoms with Gasteiger partial charge >= 0.3 is 5.69 Å². The van der Waals surface area contributed by atoms with Crippen LogP contribution in [-0.4, -0.2) is 42.8 Å². The minimum absolute atomic E-state index is 0.0167. The van der Waals surface area contributed by atoms with E-state index in [4.69, 9.17) is 4.98 Å². The summed E-state index contributed by atoms with van der Waals surface area (Å²) < 4.78 is 1.94. The first-order chi connectivity index (χ1) is 16.7. The first kappa shape index (κ1) is 19.2. The number of nitrogens with one attached hydrogen (secondary N) is 3. The number of piperidine rings is 1. The number of aromatic amines is 3. The molecule has 1 saturated heterocycles. The number of fused-ring (bicyclic) bond motifs is 3. The van der Waals surface area contributed by atoms with E-state index in [-0.39, 0.29) is 11.7 Å². The van der Waals surface area contributed by atoms with Crippen molar-refractivity contribution < 1.29 is 0 Å². The van der Waals surface area contributed by atoms with E-state index >= 15 is 0 Å². The molecule has 8 heteroatoms. The molecule has 6 aromatic rings. The topological polar surface area (TPSA) is 98.4 Å². The van der Waals surface area contributed by atoms with Crippen molar-refractivity contribution in [1.82, 2.24) is 29.7 Å². The number of aromatic nitrogens is 6. The SMILES string of the molecule is O=c1[nH]c2ccccc2n1C1CCN(c2ccc3nc(-c4n[nH]c5ccccc45)[nH]c3c2)CC1. The van der Waals surface area contributed by atoms with Gasteiger partial charge in [-0.1, -0.05) is 30.3 Å². The predicted molar refractivity (Wildman–Crippen MR) is 134 cm³/mol. The van der Waals surface area contributed by atoms with E-state index in [9.17, 15) is 4.79 Å². The summed E-state index contributed by atoms with van der Waals surface area (Å²) in [4.78, 5) is 26.2. The maximum absolute atomic E-state index is 12.6. The van der Waals surface area contributed by atoms with Crippen LogP contribution in [0.15, 0.2) is 71.5 Å². The number of hydrogen-bond donors (Lipinski definition) is 3. The summed E-state index contributed by atoms with van der Waals surface area (Å²) in [5.41, 5.74) is 6.79. The molecule has 34 heavy (non-hydrogen) atoms. The van der Waals surface area contributed by atoms with Crippen LogP contribution in [0.3, 0.4) is 0 Å². The standard InChI is InChI=1S/C26H23N7O/c34-26-29-21-7-3-4-8-23(21)33(26)16-11-13-32(14-12-16)17-9-10-20-22(15-17)28-25(27-20)24-18-5-1-2-6-19(18)30-31-24/h1-10,15-16H,11-14H2,(H,27,28)(H,29,34)(H,30,31). The number of anilines is 1. The minimum Gasteiger partial charge on any atom is -0.371 e. The highest BCUT2D eigenvalue weighted by molar-refractivity contribution is 5.93. The molecule has 8 nitrogen and oxygen atoms in total. The lowest BCUT2D eigenvalue weighted by Gasteiger charge is -2.34. The molecule has 0 saturated carbocycles. The molecule has 0 unspecified atom stereocenters. The van der Waals surface area contributed by atoms with Crippen molar-refractivity contribution in [3.8, 4) is 11.5 Å². The van der Waals surface area contributed by atoms with Gasteiger partial charge in [0.05, 0.1) is 27.6 Å². The van der Waals surface area contributed by atoms with Gasteiger partial charge in [-0.15, -0.1) is 0 Å².